The first kappa shape index (κ1) is 20.9. The summed E-state index contributed by atoms with van der Waals surface area (Å²) in [7, 11) is 1.66. The van der Waals surface area contributed by atoms with E-state index in [-0.39, 0.29) is 12.6 Å². The van der Waals surface area contributed by atoms with Crippen LogP contribution in [0.5, 0.6) is 11.5 Å². The van der Waals surface area contributed by atoms with Gasteiger partial charge < -0.3 is 19.9 Å². The number of aromatic nitrogens is 3. The van der Waals surface area contributed by atoms with E-state index in [9.17, 15) is 5.11 Å². The maximum absolute atomic E-state index is 9.30. The van der Waals surface area contributed by atoms with E-state index in [0.717, 1.165) is 35.4 Å². The fourth-order valence-electron chi connectivity index (χ4n) is 3.02. The number of pyridine rings is 1. The third kappa shape index (κ3) is 5.53. The molecule has 0 saturated carbocycles. The van der Waals surface area contributed by atoms with Crippen molar-refractivity contribution in [3.8, 4) is 11.5 Å². The Morgan fingerprint density at radius 1 is 1.15 bits per heavy atom. The van der Waals surface area contributed by atoms with Crippen LogP contribution in [0.4, 0.5) is 5.82 Å². The first-order valence-electron chi connectivity index (χ1n) is 9.33. The molecule has 2 heterocycles. The number of ether oxygens (including phenoxy) is 2. The number of hydrogen-bond donors (Lipinski definition) is 2. The number of aliphatic hydroxyl groups is 1. The highest BCUT2D eigenvalue weighted by molar-refractivity contribution is 5.49. The van der Waals surface area contributed by atoms with Gasteiger partial charge in [0, 0.05) is 30.0 Å². The Labute approximate surface area is 161 Å². The first-order valence-corrected chi connectivity index (χ1v) is 9.33. The summed E-state index contributed by atoms with van der Waals surface area (Å²) in [4.78, 5) is 13.2. The second-order valence-electron chi connectivity index (χ2n) is 6.61. The highest BCUT2D eigenvalue weighted by atomic mass is 16.5. The Hall–Kier alpha value is -2.41. The zero-order valence-corrected chi connectivity index (χ0v) is 16.9. The fraction of sp³-hybridized carbons (Fsp3) is 0.550. The summed E-state index contributed by atoms with van der Waals surface area (Å²) in [5.41, 5.74) is 2.76. The molecule has 2 aromatic rings. The molecular weight excluding hydrogens is 344 g/mol. The molecule has 0 aromatic carbocycles. The molecule has 0 aliphatic rings. The van der Waals surface area contributed by atoms with Crippen LogP contribution in [0, 0.1) is 20.8 Å². The molecule has 0 unspecified atom stereocenters. The summed E-state index contributed by atoms with van der Waals surface area (Å²) in [6, 6.07) is 0.135. The molecule has 1 atom stereocenters. The fourth-order valence-corrected chi connectivity index (χ4v) is 3.02. The van der Waals surface area contributed by atoms with Gasteiger partial charge in [0.2, 0.25) is 0 Å². The van der Waals surface area contributed by atoms with Gasteiger partial charge in [-0.2, -0.15) is 0 Å². The number of nitrogens with one attached hydrogen (secondary N) is 1. The standard InChI is InChI=1S/C20H30N4O3/c1-6-7-16(8-9-25)24-20-18(11-21-15(4)23-20)27-12-17-14(3)19(26-5)13(2)10-22-17/h10-11,16,25H,6-9,12H2,1-5H3,(H,21,23,24)/t16-/m0/s1. The van der Waals surface area contributed by atoms with Crippen LogP contribution < -0.4 is 14.8 Å². The lowest BCUT2D eigenvalue weighted by molar-refractivity contribution is 0.275. The average molecular weight is 374 g/mol. The van der Waals surface area contributed by atoms with Crippen LogP contribution in [0.2, 0.25) is 0 Å². The Morgan fingerprint density at radius 3 is 2.59 bits per heavy atom. The Bertz CT molecular complexity index is 746. The predicted molar refractivity (Wildman–Crippen MR) is 105 cm³/mol. The van der Waals surface area contributed by atoms with Crippen molar-refractivity contribution < 1.29 is 14.6 Å². The summed E-state index contributed by atoms with van der Waals surface area (Å²) in [6.07, 6.45) is 6.08. The molecule has 27 heavy (non-hydrogen) atoms. The van der Waals surface area contributed by atoms with Gasteiger partial charge in [-0.1, -0.05) is 13.3 Å². The highest BCUT2D eigenvalue weighted by Crippen LogP contribution is 2.27. The molecule has 148 valence electrons. The van der Waals surface area contributed by atoms with E-state index >= 15 is 0 Å². The highest BCUT2D eigenvalue weighted by Gasteiger charge is 2.15. The summed E-state index contributed by atoms with van der Waals surface area (Å²) >= 11 is 0. The quantitative estimate of drug-likeness (QED) is 0.659. The van der Waals surface area contributed by atoms with Crippen molar-refractivity contribution in [2.75, 3.05) is 19.0 Å². The number of nitrogens with zero attached hydrogens (tertiary/aromatic N) is 3. The molecule has 0 spiro atoms. The number of methoxy groups -OCH3 is 1. The van der Waals surface area contributed by atoms with E-state index < -0.39 is 0 Å². The van der Waals surface area contributed by atoms with Crippen molar-refractivity contribution in [1.82, 2.24) is 15.0 Å². The first-order chi connectivity index (χ1) is 13.0. The molecule has 7 nitrogen and oxygen atoms in total. The zero-order valence-electron chi connectivity index (χ0n) is 16.9. The van der Waals surface area contributed by atoms with Gasteiger partial charge in [0.15, 0.2) is 11.6 Å². The largest absolute Gasteiger partial charge is 0.496 e. The van der Waals surface area contributed by atoms with Crippen LogP contribution in [-0.2, 0) is 6.61 Å². The van der Waals surface area contributed by atoms with Crippen molar-refractivity contribution >= 4 is 5.82 Å². The molecule has 0 fully saturated rings. The van der Waals surface area contributed by atoms with Crippen LogP contribution in [0.25, 0.3) is 0 Å². The molecule has 0 aliphatic carbocycles. The summed E-state index contributed by atoms with van der Waals surface area (Å²) in [5.74, 6) is 2.70. The van der Waals surface area contributed by atoms with Gasteiger partial charge in [-0.25, -0.2) is 9.97 Å². The normalized spacial score (nSPS) is 11.9. The number of aliphatic hydroxyl groups excluding tert-OH is 1. The van der Waals surface area contributed by atoms with Crippen LogP contribution >= 0.6 is 0 Å². The van der Waals surface area contributed by atoms with E-state index in [1.807, 2.05) is 20.8 Å². The van der Waals surface area contributed by atoms with Crippen molar-refractivity contribution in [2.45, 2.75) is 59.6 Å². The van der Waals surface area contributed by atoms with Gasteiger partial charge in [-0.3, -0.25) is 4.98 Å². The van der Waals surface area contributed by atoms with E-state index in [0.29, 0.717) is 30.4 Å². The van der Waals surface area contributed by atoms with E-state index in [1.54, 1.807) is 19.5 Å². The Morgan fingerprint density at radius 2 is 1.93 bits per heavy atom. The SMILES string of the molecule is CCC[C@@H](CCO)Nc1nc(C)ncc1OCc1ncc(C)c(OC)c1C. The van der Waals surface area contributed by atoms with Gasteiger partial charge >= 0.3 is 0 Å². The maximum Gasteiger partial charge on any atom is 0.180 e. The van der Waals surface area contributed by atoms with Crippen molar-refractivity contribution in [3.63, 3.8) is 0 Å². The number of aryl methyl sites for hydroxylation is 2. The molecule has 2 aromatic heterocycles. The summed E-state index contributed by atoms with van der Waals surface area (Å²) in [5, 5.41) is 12.7. The van der Waals surface area contributed by atoms with Crippen LogP contribution in [0.3, 0.4) is 0 Å². The van der Waals surface area contributed by atoms with E-state index in [1.165, 1.54) is 0 Å². The molecule has 2 N–H and O–H groups in total. The molecular formula is C20H30N4O3. The molecule has 0 radical (unpaired) electrons. The topological polar surface area (TPSA) is 89.4 Å². The van der Waals surface area contributed by atoms with Gasteiger partial charge in [-0.15, -0.1) is 0 Å². The van der Waals surface area contributed by atoms with E-state index in [4.69, 9.17) is 9.47 Å². The Kier molecular flexibility index (Phi) is 7.79. The number of anilines is 1. The monoisotopic (exact) mass is 374 g/mol. The molecule has 2 rings (SSSR count). The van der Waals surface area contributed by atoms with Gasteiger partial charge in [0.1, 0.15) is 18.2 Å². The third-order valence-electron chi connectivity index (χ3n) is 4.45. The molecule has 0 bridgehead atoms. The zero-order chi connectivity index (χ0) is 19.8. The lowest BCUT2D eigenvalue weighted by atomic mass is 10.1. The van der Waals surface area contributed by atoms with Crippen molar-refractivity contribution in [2.24, 2.45) is 0 Å². The molecule has 0 saturated heterocycles. The predicted octanol–water partition coefficient (Wildman–Crippen LogP) is 3.35. The average Bonchev–Trinajstić information content (AvgIpc) is 2.63. The minimum Gasteiger partial charge on any atom is -0.496 e. The number of hydrogen-bond acceptors (Lipinski definition) is 7. The molecule has 7 heteroatoms. The minimum absolute atomic E-state index is 0.129. The van der Waals surface area contributed by atoms with Gasteiger partial charge in [-0.05, 0) is 33.6 Å². The Balaban J connectivity index is 2.19. The number of rotatable bonds is 10. The molecule has 0 amide bonds. The van der Waals surface area contributed by atoms with Crippen LogP contribution in [0.15, 0.2) is 12.4 Å². The lowest BCUT2D eigenvalue weighted by Gasteiger charge is -2.20. The summed E-state index contributed by atoms with van der Waals surface area (Å²) < 4.78 is 11.4. The second-order valence-corrected chi connectivity index (χ2v) is 6.61. The van der Waals surface area contributed by atoms with Crippen LogP contribution in [-0.4, -0.2) is 39.8 Å². The molecule has 0 aliphatic heterocycles. The minimum atomic E-state index is 0.129. The maximum atomic E-state index is 9.30. The van der Waals surface area contributed by atoms with E-state index in [2.05, 4.69) is 27.2 Å². The van der Waals surface area contributed by atoms with Gasteiger partial charge in [0.05, 0.1) is 19.0 Å². The van der Waals surface area contributed by atoms with Crippen LogP contribution in [0.1, 0.15) is 48.8 Å². The van der Waals surface area contributed by atoms with Crippen molar-refractivity contribution in [1.29, 1.82) is 0 Å². The summed E-state index contributed by atoms with van der Waals surface area (Å²) in [6.45, 7) is 8.32. The second kappa shape index (κ2) is 10.1. The third-order valence-corrected chi connectivity index (χ3v) is 4.45. The van der Waals surface area contributed by atoms with Gasteiger partial charge in [0.25, 0.3) is 0 Å². The smallest absolute Gasteiger partial charge is 0.180 e. The lowest BCUT2D eigenvalue weighted by Crippen LogP contribution is -2.22. The van der Waals surface area contributed by atoms with Crippen molar-refractivity contribution in [3.05, 3.63) is 35.0 Å².